The third kappa shape index (κ3) is 2.79. The summed E-state index contributed by atoms with van der Waals surface area (Å²) >= 11 is 0. The van der Waals surface area contributed by atoms with E-state index in [-0.39, 0.29) is 24.3 Å². The third-order valence-electron chi connectivity index (χ3n) is 4.84. The Bertz CT molecular complexity index is 1050. The summed E-state index contributed by atoms with van der Waals surface area (Å²) in [5.41, 5.74) is 4.80. The Hall–Kier alpha value is -3.28. The number of hydrogen-bond acceptors (Lipinski definition) is 3. The Morgan fingerprint density at radius 1 is 1.31 bits per heavy atom. The number of allylic oxidation sites excluding steroid dienone is 3. The van der Waals surface area contributed by atoms with E-state index in [2.05, 4.69) is 15.3 Å². The fourth-order valence-electron chi connectivity index (χ4n) is 3.26. The summed E-state index contributed by atoms with van der Waals surface area (Å²) in [6.45, 7) is 3.89. The van der Waals surface area contributed by atoms with Crippen LogP contribution in [0.1, 0.15) is 13.8 Å². The molecule has 6 heteroatoms. The van der Waals surface area contributed by atoms with Gasteiger partial charge in [0.1, 0.15) is 6.54 Å². The second-order valence-corrected chi connectivity index (χ2v) is 6.49. The van der Waals surface area contributed by atoms with Gasteiger partial charge in [0.2, 0.25) is 0 Å². The van der Waals surface area contributed by atoms with Gasteiger partial charge in [-0.3, -0.25) is 9.59 Å². The molecule has 1 unspecified atom stereocenters. The average Bonchev–Trinajstić information content (AvgIpc) is 3.02. The van der Waals surface area contributed by atoms with Crippen LogP contribution in [0.15, 0.2) is 70.7 Å². The van der Waals surface area contributed by atoms with Crippen molar-refractivity contribution in [2.75, 3.05) is 0 Å². The van der Waals surface area contributed by atoms with Crippen LogP contribution in [0.3, 0.4) is 0 Å². The highest BCUT2D eigenvalue weighted by Gasteiger charge is 2.27. The molecule has 2 aromatic rings. The summed E-state index contributed by atoms with van der Waals surface area (Å²) < 4.78 is 1.78. The van der Waals surface area contributed by atoms with Crippen molar-refractivity contribution in [3.05, 3.63) is 65.7 Å². The Morgan fingerprint density at radius 2 is 2.12 bits per heavy atom. The van der Waals surface area contributed by atoms with Crippen molar-refractivity contribution in [2.45, 2.75) is 20.4 Å². The summed E-state index contributed by atoms with van der Waals surface area (Å²) in [5.74, 6) is -0.330. The maximum Gasteiger partial charge on any atom is 0.266 e. The molecule has 1 aliphatic carbocycles. The smallest absolute Gasteiger partial charge is 0.266 e. The van der Waals surface area contributed by atoms with Gasteiger partial charge in [-0.2, -0.15) is 0 Å². The fraction of sp³-hybridized carbons (Fsp3) is 0.200. The lowest BCUT2D eigenvalue weighted by molar-refractivity contribution is -0.118. The molecule has 0 saturated heterocycles. The van der Waals surface area contributed by atoms with Crippen molar-refractivity contribution in [1.29, 1.82) is 0 Å². The number of imidazole rings is 1. The molecule has 2 amide bonds. The molecule has 1 atom stereocenters. The number of benzene rings is 1. The van der Waals surface area contributed by atoms with Gasteiger partial charge in [-0.25, -0.2) is 9.98 Å². The highest BCUT2D eigenvalue weighted by atomic mass is 16.2. The minimum Gasteiger partial charge on any atom is -0.325 e. The van der Waals surface area contributed by atoms with E-state index in [1.807, 2.05) is 50.3 Å². The van der Waals surface area contributed by atoms with E-state index in [0.29, 0.717) is 5.71 Å². The van der Waals surface area contributed by atoms with Crippen LogP contribution in [0.2, 0.25) is 0 Å². The van der Waals surface area contributed by atoms with Crippen molar-refractivity contribution in [2.24, 2.45) is 10.9 Å². The number of para-hydroxylation sites is 2. The first-order chi connectivity index (χ1) is 12.5. The monoisotopic (exact) mass is 346 g/mol. The molecule has 0 bridgehead atoms. The van der Waals surface area contributed by atoms with Crippen LogP contribution >= 0.6 is 0 Å². The number of nitrogens with one attached hydrogen (secondary N) is 1. The Balaban J connectivity index is 1.56. The minimum absolute atomic E-state index is 0.0411. The maximum atomic E-state index is 12.4. The number of fused-ring (bicyclic) bond motifs is 2. The molecular formula is C20H18N4O2. The number of aromatic nitrogens is 2. The standard InChI is InChI=1S/C20H18N4O2/c1-12-13(2)20(26)23-17-9-14(7-8-15(12)17)22-19(25)10-24-11-21-16-5-3-4-6-18(16)24/h3-9,11,15H,10H2,1-2H3,(H,23,26). The molecule has 0 saturated carbocycles. The molecule has 1 aromatic heterocycles. The molecule has 1 N–H and O–H groups in total. The largest absolute Gasteiger partial charge is 0.325 e. The number of hydrogen-bond donors (Lipinski definition) is 1. The predicted octanol–water partition coefficient (Wildman–Crippen LogP) is 2.54. The first-order valence-corrected chi connectivity index (χ1v) is 8.43. The lowest BCUT2D eigenvalue weighted by Crippen LogP contribution is -2.35. The van der Waals surface area contributed by atoms with Gasteiger partial charge in [0, 0.05) is 17.2 Å². The number of carbonyl (C=O) groups excluding carboxylic acids is 2. The fourth-order valence-corrected chi connectivity index (χ4v) is 3.26. The van der Waals surface area contributed by atoms with Crippen LogP contribution in [0, 0.1) is 5.92 Å². The molecule has 1 aliphatic heterocycles. The van der Waals surface area contributed by atoms with Crippen LogP contribution < -0.4 is 5.32 Å². The van der Waals surface area contributed by atoms with Crippen molar-refractivity contribution in [3.8, 4) is 0 Å². The number of nitrogens with zero attached hydrogens (tertiary/aromatic N) is 3. The maximum absolute atomic E-state index is 12.4. The Kier molecular flexibility index (Phi) is 3.88. The highest BCUT2D eigenvalue weighted by molar-refractivity contribution is 6.11. The molecule has 2 heterocycles. The summed E-state index contributed by atoms with van der Waals surface area (Å²) in [5, 5.41) is 2.88. The second kappa shape index (κ2) is 6.22. The molecular weight excluding hydrogens is 328 g/mol. The van der Waals surface area contributed by atoms with E-state index in [1.165, 1.54) is 0 Å². The summed E-state index contributed by atoms with van der Waals surface area (Å²) in [4.78, 5) is 32.8. The molecule has 0 spiro atoms. The number of aliphatic imine (C=N–C) groups is 1. The van der Waals surface area contributed by atoms with Gasteiger partial charge in [-0.05, 0) is 38.1 Å². The average molecular weight is 346 g/mol. The van der Waals surface area contributed by atoms with E-state index in [4.69, 9.17) is 0 Å². The first kappa shape index (κ1) is 16.2. The van der Waals surface area contributed by atoms with Crippen LogP contribution in [0.5, 0.6) is 0 Å². The first-order valence-electron chi connectivity index (χ1n) is 8.43. The van der Waals surface area contributed by atoms with Gasteiger partial charge in [-0.1, -0.05) is 23.8 Å². The van der Waals surface area contributed by atoms with Gasteiger partial charge >= 0.3 is 0 Å². The second-order valence-electron chi connectivity index (χ2n) is 6.49. The van der Waals surface area contributed by atoms with Crippen molar-refractivity contribution >= 4 is 28.6 Å². The zero-order valence-corrected chi connectivity index (χ0v) is 14.6. The van der Waals surface area contributed by atoms with E-state index in [1.54, 1.807) is 17.0 Å². The number of rotatable bonds is 2. The van der Waals surface area contributed by atoms with Gasteiger partial charge in [0.05, 0.1) is 23.1 Å². The molecule has 0 radical (unpaired) electrons. The number of carbonyl (C=O) groups is 2. The lowest BCUT2D eigenvalue weighted by Gasteiger charge is -2.28. The normalized spacial score (nSPS) is 21.0. The van der Waals surface area contributed by atoms with E-state index in [9.17, 15) is 9.59 Å². The predicted molar refractivity (Wildman–Crippen MR) is 99.4 cm³/mol. The minimum atomic E-state index is -0.270. The lowest BCUT2D eigenvalue weighted by atomic mass is 9.85. The van der Waals surface area contributed by atoms with Gasteiger partial charge < -0.3 is 9.88 Å². The highest BCUT2D eigenvalue weighted by Crippen LogP contribution is 2.29. The summed E-state index contributed by atoms with van der Waals surface area (Å²) in [6, 6.07) is 7.65. The molecule has 4 rings (SSSR count). The van der Waals surface area contributed by atoms with Crippen molar-refractivity contribution in [1.82, 2.24) is 14.9 Å². The zero-order chi connectivity index (χ0) is 18.3. The molecule has 130 valence electrons. The number of amides is 2. The third-order valence-corrected chi connectivity index (χ3v) is 4.84. The molecule has 6 nitrogen and oxygen atoms in total. The van der Waals surface area contributed by atoms with Crippen molar-refractivity contribution < 1.29 is 9.59 Å². The van der Waals surface area contributed by atoms with Crippen LogP contribution in [0.25, 0.3) is 11.0 Å². The molecule has 0 fully saturated rings. The van der Waals surface area contributed by atoms with Crippen LogP contribution in [-0.2, 0) is 16.1 Å². The van der Waals surface area contributed by atoms with E-state index in [0.717, 1.165) is 27.9 Å². The zero-order valence-electron chi connectivity index (χ0n) is 14.6. The molecule has 26 heavy (non-hydrogen) atoms. The van der Waals surface area contributed by atoms with Gasteiger partial charge in [0.25, 0.3) is 11.8 Å². The quantitative estimate of drug-likeness (QED) is 0.908. The summed E-state index contributed by atoms with van der Waals surface area (Å²) in [6.07, 6.45) is 7.20. The van der Waals surface area contributed by atoms with Crippen LogP contribution in [0.4, 0.5) is 0 Å². The van der Waals surface area contributed by atoms with Gasteiger partial charge in [-0.15, -0.1) is 0 Å². The van der Waals surface area contributed by atoms with Crippen molar-refractivity contribution in [3.63, 3.8) is 0 Å². The SMILES string of the molecule is CC1=C(C)C2C=CC(=NC(=O)Cn3cnc4ccccc43)C=C2NC1=O. The summed E-state index contributed by atoms with van der Waals surface area (Å²) in [7, 11) is 0. The topological polar surface area (TPSA) is 76.3 Å². The molecule has 1 aromatic carbocycles. The van der Waals surface area contributed by atoms with Gasteiger partial charge in [0.15, 0.2) is 0 Å². The molecule has 2 aliphatic rings. The van der Waals surface area contributed by atoms with E-state index >= 15 is 0 Å². The Morgan fingerprint density at radius 3 is 2.96 bits per heavy atom. The van der Waals surface area contributed by atoms with Crippen LogP contribution in [-0.4, -0.2) is 27.1 Å². The van der Waals surface area contributed by atoms with E-state index < -0.39 is 0 Å². The Labute approximate surface area is 150 Å².